The Morgan fingerprint density at radius 1 is 1.04 bits per heavy atom. The van der Waals surface area contributed by atoms with Crippen LogP contribution < -0.4 is 4.74 Å². The van der Waals surface area contributed by atoms with E-state index in [1.807, 2.05) is 61.5 Å². The lowest BCUT2D eigenvalue weighted by atomic mass is 10.2. The van der Waals surface area contributed by atoms with Gasteiger partial charge in [-0.05, 0) is 37.1 Å². The zero-order chi connectivity index (χ0) is 18.8. The highest BCUT2D eigenvalue weighted by Gasteiger charge is 2.17. The molecular formula is C21H25NO4. The maximum atomic E-state index is 12.6. The van der Waals surface area contributed by atoms with Gasteiger partial charge >= 0.3 is 5.97 Å². The normalized spacial score (nSPS) is 10.2. The van der Waals surface area contributed by atoms with Gasteiger partial charge in [0.2, 0.25) is 0 Å². The highest BCUT2D eigenvalue weighted by Crippen LogP contribution is 2.13. The maximum absolute atomic E-state index is 12.6. The molecule has 0 aliphatic carbocycles. The molecule has 138 valence electrons. The van der Waals surface area contributed by atoms with E-state index in [2.05, 4.69) is 0 Å². The second-order valence-electron chi connectivity index (χ2n) is 5.96. The monoisotopic (exact) mass is 355 g/mol. The van der Waals surface area contributed by atoms with E-state index in [1.54, 1.807) is 11.8 Å². The lowest BCUT2D eigenvalue weighted by molar-refractivity contribution is -0.144. The summed E-state index contributed by atoms with van der Waals surface area (Å²) < 4.78 is 10.6. The number of rotatable bonds is 9. The molecule has 0 aliphatic rings. The van der Waals surface area contributed by atoms with Crippen molar-refractivity contribution in [2.24, 2.45) is 0 Å². The van der Waals surface area contributed by atoms with E-state index in [9.17, 15) is 9.59 Å². The molecule has 0 unspecified atom stereocenters. The quantitative estimate of drug-likeness (QED) is 0.647. The van der Waals surface area contributed by atoms with E-state index in [1.165, 1.54) is 0 Å². The predicted octanol–water partition coefficient (Wildman–Crippen LogP) is 3.36. The molecule has 0 bridgehead atoms. The van der Waals surface area contributed by atoms with Crippen molar-refractivity contribution in [1.82, 2.24) is 4.90 Å². The first kappa shape index (κ1) is 19.5. The van der Waals surface area contributed by atoms with Gasteiger partial charge in [-0.25, -0.2) is 0 Å². The van der Waals surface area contributed by atoms with Gasteiger partial charge in [0.25, 0.3) is 5.91 Å². The molecule has 1 amide bonds. The van der Waals surface area contributed by atoms with Crippen LogP contribution in [0.5, 0.6) is 5.75 Å². The highest BCUT2D eigenvalue weighted by molar-refractivity contribution is 5.78. The second-order valence-corrected chi connectivity index (χ2v) is 5.96. The van der Waals surface area contributed by atoms with Gasteiger partial charge in [0.1, 0.15) is 5.75 Å². The van der Waals surface area contributed by atoms with Crippen LogP contribution in [0.2, 0.25) is 0 Å². The molecule has 2 aromatic carbocycles. The van der Waals surface area contributed by atoms with Crippen LogP contribution in [0.15, 0.2) is 54.6 Å². The Bertz CT molecular complexity index is 715. The van der Waals surface area contributed by atoms with Gasteiger partial charge in [-0.2, -0.15) is 0 Å². The van der Waals surface area contributed by atoms with E-state index in [4.69, 9.17) is 9.47 Å². The van der Waals surface area contributed by atoms with E-state index in [0.29, 0.717) is 25.4 Å². The number of ether oxygens (including phenoxy) is 2. The zero-order valence-corrected chi connectivity index (χ0v) is 15.3. The van der Waals surface area contributed by atoms with Gasteiger partial charge in [-0.1, -0.05) is 42.5 Å². The summed E-state index contributed by atoms with van der Waals surface area (Å²) in [7, 11) is 0. The van der Waals surface area contributed by atoms with E-state index < -0.39 is 0 Å². The minimum Gasteiger partial charge on any atom is -0.484 e. The summed E-state index contributed by atoms with van der Waals surface area (Å²) in [5, 5.41) is 0. The standard InChI is InChI=1S/C21H25NO4/c1-3-25-21(24)12-13-22(15-18-9-5-4-6-10-18)20(23)16-26-19-11-7-8-17(2)14-19/h4-11,14H,3,12-13,15-16H2,1-2H3. The highest BCUT2D eigenvalue weighted by atomic mass is 16.5. The summed E-state index contributed by atoms with van der Waals surface area (Å²) >= 11 is 0. The van der Waals surface area contributed by atoms with Crippen LogP contribution in [0.3, 0.4) is 0 Å². The first-order valence-corrected chi connectivity index (χ1v) is 8.75. The molecule has 5 nitrogen and oxygen atoms in total. The molecule has 0 heterocycles. The summed E-state index contributed by atoms with van der Waals surface area (Å²) in [6, 6.07) is 17.2. The Morgan fingerprint density at radius 3 is 2.50 bits per heavy atom. The Balaban J connectivity index is 1.98. The van der Waals surface area contributed by atoms with Crippen molar-refractivity contribution in [3.63, 3.8) is 0 Å². The summed E-state index contributed by atoms with van der Waals surface area (Å²) in [5.41, 5.74) is 2.07. The number of hydrogen-bond donors (Lipinski definition) is 0. The molecule has 0 fully saturated rings. The number of nitrogens with zero attached hydrogens (tertiary/aromatic N) is 1. The molecule has 2 aromatic rings. The van der Waals surface area contributed by atoms with Crippen LogP contribution >= 0.6 is 0 Å². The average Bonchev–Trinajstić information content (AvgIpc) is 2.64. The Kier molecular flexibility index (Phi) is 7.68. The number of hydrogen-bond acceptors (Lipinski definition) is 4. The minimum absolute atomic E-state index is 0.0703. The molecule has 0 radical (unpaired) electrons. The largest absolute Gasteiger partial charge is 0.484 e. The zero-order valence-electron chi connectivity index (χ0n) is 15.3. The third-order valence-electron chi connectivity index (χ3n) is 3.81. The van der Waals surface area contributed by atoms with Gasteiger partial charge in [0, 0.05) is 13.1 Å². The molecule has 0 atom stereocenters. The van der Waals surface area contributed by atoms with Crippen molar-refractivity contribution < 1.29 is 19.1 Å². The van der Waals surface area contributed by atoms with Crippen molar-refractivity contribution in [1.29, 1.82) is 0 Å². The molecule has 0 N–H and O–H groups in total. The average molecular weight is 355 g/mol. The van der Waals surface area contributed by atoms with Crippen LogP contribution in [0.4, 0.5) is 0 Å². The van der Waals surface area contributed by atoms with Crippen LogP contribution in [-0.4, -0.2) is 36.5 Å². The molecule has 2 rings (SSSR count). The van der Waals surface area contributed by atoms with Gasteiger partial charge in [-0.15, -0.1) is 0 Å². The molecule has 26 heavy (non-hydrogen) atoms. The van der Waals surface area contributed by atoms with Crippen LogP contribution in [0, 0.1) is 6.92 Å². The Labute approximate surface area is 154 Å². The van der Waals surface area contributed by atoms with Crippen LogP contribution in [-0.2, 0) is 20.9 Å². The fourth-order valence-corrected chi connectivity index (χ4v) is 2.50. The smallest absolute Gasteiger partial charge is 0.307 e. The molecule has 0 aliphatic heterocycles. The Hall–Kier alpha value is -2.82. The lowest BCUT2D eigenvalue weighted by Gasteiger charge is -2.22. The maximum Gasteiger partial charge on any atom is 0.307 e. The third kappa shape index (κ3) is 6.59. The minimum atomic E-state index is -0.307. The molecular weight excluding hydrogens is 330 g/mol. The fraction of sp³-hybridized carbons (Fsp3) is 0.333. The molecule has 5 heteroatoms. The van der Waals surface area contributed by atoms with Crippen molar-refractivity contribution in [2.75, 3.05) is 19.8 Å². The third-order valence-corrected chi connectivity index (χ3v) is 3.81. The molecule has 0 saturated heterocycles. The first-order chi connectivity index (χ1) is 12.6. The number of carbonyl (C=O) groups is 2. The van der Waals surface area contributed by atoms with Crippen molar-refractivity contribution in [3.05, 3.63) is 65.7 Å². The van der Waals surface area contributed by atoms with Crippen molar-refractivity contribution in [2.45, 2.75) is 26.8 Å². The predicted molar refractivity (Wildman–Crippen MR) is 99.8 cm³/mol. The SMILES string of the molecule is CCOC(=O)CCN(Cc1ccccc1)C(=O)COc1cccc(C)c1. The number of esters is 1. The van der Waals surface area contributed by atoms with Gasteiger partial charge in [0.05, 0.1) is 13.0 Å². The van der Waals surface area contributed by atoms with Crippen LogP contribution in [0.25, 0.3) is 0 Å². The van der Waals surface area contributed by atoms with E-state index in [-0.39, 0.29) is 24.9 Å². The molecule has 0 aromatic heterocycles. The van der Waals surface area contributed by atoms with Gasteiger partial charge in [0.15, 0.2) is 6.61 Å². The first-order valence-electron chi connectivity index (χ1n) is 8.75. The van der Waals surface area contributed by atoms with Crippen molar-refractivity contribution >= 4 is 11.9 Å². The number of aryl methyl sites for hydroxylation is 1. The summed E-state index contributed by atoms with van der Waals surface area (Å²) in [6.45, 7) is 4.72. The van der Waals surface area contributed by atoms with Crippen LogP contribution in [0.1, 0.15) is 24.5 Å². The molecule has 0 saturated carbocycles. The van der Waals surface area contributed by atoms with Gasteiger partial charge < -0.3 is 14.4 Å². The molecule has 0 spiro atoms. The second kappa shape index (κ2) is 10.2. The van der Waals surface area contributed by atoms with E-state index in [0.717, 1.165) is 11.1 Å². The van der Waals surface area contributed by atoms with E-state index >= 15 is 0 Å². The topological polar surface area (TPSA) is 55.8 Å². The summed E-state index contributed by atoms with van der Waals surface area (Å²) in [4.78, 5) is 25.9. The van der Waals surface area contributed by atoms with Crippen molar-refractivity contribution in [3.8, 4) is 5.75 Å². The van der Waals surface area contributed by atoms with Gasteiger partial charge in [-0.3, -0.25) is 9.59 Å². The number of benzene rings is 2. The summed E-state index contributed by atoms with van der Waals surface area (Å²) in [6.07, 6.45) is 0.164. The fourth-order valence-electron chi connectivity index (χ4n) is 2.50. The lowest BCUT2D eigenvalue weighted by Crippen LogP contribution is -2.36. The number of amides is 1. The number of carbonyl (C=O) groups excluding carboxylic acids is 2. The summed E-state index contributed by atoms with van der Waals surface area (Å²) in [5.74, 6) is 0.182. The Morgan fingerprint density at radius 2 is 1.81 bits per heavy atom.